The fourth-order valence-corrected chi connectivity index (χ4v) is 4.07. The maximum atomic E-state index is 13.1. The largest absolute Gasteiger partial charge is 0.467 e. The van der Waals surface area contributed by atoms with Gasteiger partial charge in [-0.15, -0.1) is 0 Å². The number of ether oxygens (including phenoxy) is 1. The van der Waals surface area contributed by atoms with E-state index in [0.717, 1.165) is 5.69 Å². The van der Waals surface area contributed by atoms with E-state index in [1.54, 1.807) is 24.4 Å². The molecule has 3 heterocycles. The Hall–Kier alpha value is -2.68. The average Bonchev–Trinajstić information content (AvgIpc) is 3.39. The Balaban J connectivity index is 1.52. The first-order valence-corrected chi connectivity index (χ1v) is 9.84. The molecule has 2 amide bonds. The zero-order valence-corrected chi connectivity index (χ0v) is 16.4. The number of amides is 2. The third-order valence-corrected chi connectivity index (χ3v) is 5.57. The summed E-state index contributed by atoms with van der Waals surface area (Å²) in [5.41, 5.74) is 4.08. The van der Waals surface area contributed by atoms with Crippen molar-refractivity contribution in [2.45, 2.75) is 12.6 Å². The molecule has 0 radical (unpaired) electrons. The van der Waals surface area contributed by atoms with E-state index < -0.39 is 0 Å². The van der Waals surface area contributed by atoms with Gasteiger partial charge in [-0.05, 0) is 24.3 Å². The summed E-state index contributed by atoms with van der Waals surface area (Å²) in [5.74, 6) is -0.0531. The van der Waals surface area contributed by atoms with Gasteiger partial charge in [0, 0.05) is 26.7 Å². The van der Waals surface area contributed by atoms with Crippen LogP contribution in [0.1, 0.15) is 5.76 Å². The number of anilines is 1. The smallest absolute Gasteiger partial charge is 0.247 e. The molecule has 0 bridgehead atoms. The van der Waals surface area contributed by atoms with Gasteiger partial charge in [0.2, 0.25) is 11.8 Å². The minimum absolute atomic E-state index is 0.00727. The SMILES string of the molecule is COCCN1CC(C(=O)NCc2ccco2)C2NN(c3ccccc3)C(=O)C2C1. The summed E-state index contributed by atoms with van der Waals surface area (Å²) in [6, 6.07) is 12.8. The number of furan rings is 1. The molecule has 2 N–H and O–H groups in total. The van der Waals surface area contributed by atoms with E-state index in [9.17, 15) is 9.59 Å². The van der Waals surface area contributed by atoms with Crippen molar-refractivity contribution in [3.05, 3.63) is 54.5 Å². The van der Waals surface area contributed by atoms with Gasteiger partial charge >= 0.3 is 0 Å². The molecule has 3 atom stereocenters. The number of hydrogen-bond acceptors (Lipinski definition) is 6. The van der Waals surface area contributed by atoms with Gasteiger partial charge in [0.15, 0.2) is 0 Å². The summed E-state index contributed by atoms with van der Waals surface area (Å²) < 4.78 is 10.5. The quantitative estimate of drug-likeness (QED) is 0.724. The Kier molecular flexibility index (Phi) is 5.94. The summed E-state index contributed by atoms with van der Waals surface area (Å²) in [6.45, 7) is 2.74. The van der Waals surface area contributed by atoms with E-state index in [4.69, 9.17) is 9.15 Å². The molecule has 1 aromatic heterocycles. The van der Waals surface area contributed by atoms with Crippen molar-refractivity contribution in [2.24, 2.45) is 11.8 Å². The second-order valence-electron chi connectivity index (χ2n) is 7.43. The maximum Gasteiger partial charge on any atom is 0.247 e. The van der Waals surface area contributed by atoms with Gasteiger partial charge in [-0.1, -0.05) is 18.2 Å². The topological polar surface area (TPSA) is 87.0 Å². The first-order valence-electron chi connectivity index (χ1n) is 9.84. The fourth-order valence-electron chi connectivity index (χ4n) is 4.07. The number of carbonyl (C=O) groups excluding carboxylic acids is 2. The molecule has 8 heteroatoms. The number of likely N-dealkylation sites (tertiary alicyclic amines) is 1. The molecule has 2 fully saturated rings. The molecule has 0 saturated carbocycles. The minimum atomic E-state index is -0.363. The summed E-state index contributed by atoms with van der Waals surface area (Å²) in [7, 11) is 1.65. The highest BCUT2D eigenvalue weighted by molar-refractivity contribution is 5.98. The number of para-hydroxylation sites is 1. The first-order chi connectivity index (χ1) is 14.2. The molecule has 154 valence electrons. The first kappa shape index (κ1) is 19.6. The molecule has 0 spiro atoms. The van der Waals surface area contributed by atoms with Crippen LogP contribution in [0.25, 0.3) is 0 Å². The monoisotopic (exact) mass is 398 g/mol. The highest BCUT2D eigenvalue weighted by atomic mass is 16.5. The van der Waals surface area contributed by atoms with Crippen molar-refractivity contribution in [3.63, 3.8) is 0 Å². The number of carbonyl (C=O) groups is 2. The Morgan fingerprint density at radius 1 is 1.24 bits per heavy atom. The molecular formula is C21H26N4O4. The van der Waals surface area contributed by atoms with E-state index in [-0.39, 0.29) is 29.7 Å². The lowest BCUT2D eigenvalue weighted by Crippen LogP contribution is -2.57. The van der Waals surface area contributed by atoms with Crippen LogP contribution in [0.4, 0.5) is 5.69 Å². The molecule has 8 nitrogen and oxygen atoms in total. The van der Waals surface area contributed by atoms with Gasteiger partial charge in [-0.25, -0.2) is 10.4 Å². The molecule has 2 aliphatic heterocycles. The number of hydrogen-bond donors (Lipinski definition) is 2. The number of nitrogens with one attached hydrogen (secondary N) is 2. The van der Waals surface area contributed by atoms with Crippen molar-refractivity contribution in [2.75, 3.05) is 38.4 Å². The average molecular weight is 398 g/mol. The van der Waals surface area contributed by atoms with Crippen LogP contribution in [0.2, 0.25) is 0 Å². The summed E-state index contributed by atoms with van der Waals surface area (Å²) in [5, 5.41) is 4.54. The second-order valence-corrected chi connectivity index (χ2v) is 7.43. The molecule has 29 heavy (non-hydrogen) atoms. The van der Waals surface area contributed by atoms with Crippen LogP contribution in [0.15, 0.2) is 53.1 Å². The number of rotatable bonds is 7. The Bertz CT molecular complexity index is 826. The number of nitrogens with zero attached hydrogens (tertiary/aromatic N) is 2. The van der Waals surface area contributed by atoms with Gasteiger partial charge < -0.3 is 14.5 Å². The molecule has 2 aromatic rings. The highest BCUT2D eigenvalue weighted by Gasteiger charge is 2.50. The van der Waals surface area contributed by atoms with Crippen molar-refractivity contribution < 1.29 is 18.7 Å². The van der Waals surface area contributed by atoms with Gasteiger partial charge in [-0.2, -0.15) is 0 Å². The van der Waals surface area contributed by atoms with Crippen molar-refractivity contribution >= 4 is 17.5 Å². The lowest BCUT2D eigenvalue weighted by molar-refractivity contribution is -0.130. The van der Waals surface area contributed by atoms with Gasteiger partial charge in [0.1, 0.15) is 5.76 Å². The lowest BCUT2D eigenvalue weighted by atomic mass is 9.84. The number of methoxy groups -OCH3 is 1. The molecular weight excluding hydrogens is 372 g/mol. The van der Waals surface area contributed by atoms with E-state index in [2.05, 4.69) is 15.6 Å². The number of hydrazine groups is 1. The molecule has 2 saturated heterocycles. The van der Waals surface area contributed by atoms with Crippen molar-refractivity contribution in [3.8, 4) is 0 Å². The summed E-state index contributed by atoms with van der Waals surface area (Å²) >= 11 is 0. The molecule has 3 unspecified atom stereocenters. The van der Waals surface area contributed by atoms with E-state index >= 15 is 0 Å². The molecule has 2 aliphatic rings. The zero-order valence-electron chi connectivity index (χ0n) is 16.4. The van der Waals surface area contributed by atoms with Crippen LogP contribution >= 0.6 is 0 Å². The van der Waals surface area contributed by atoms with Crippen molar-refractivity contribution in [1.82, 2.24) is 15.6 Å². The predicted molar refractivity (Wildman–Crippen MR) is 107 cm³/mol. The van der Waals surface area contributed by atoms with Gasteiger partial charge in [0.05, 0.1) is 43.0 Å². The van der Waals surface area contributed by atoms with Gasteiger partial charge in [0.25, 0.3) is 0 Å². The third-order valence-electron chi connectivity index (χ3n) is 5.57. The standard InChI is InChI=1S/C21H26N4O4/c1-28-11-9-24-13-17(20(26)22-12-16-8-5-10-29-16)19-18(14-24)21(27)25(23-19)15-6-3-2-4-7-15/h2-8,10,17-19,23H,9,11-14H2,1H3,(H,22,26). The summed E-state index contributed by atoms with van der Waals surface area (Å²) in [6.07, 6.45) is 1.58. The Morgan fingerprint density at radius 2 is 2.07 bits per heavy atom. The van der Waals surface area contributed by atoms with E-state index in [1.165, 1.54) is 0 Å². The van der Waals surface area contributed by atoms with Gasteiger partial charge in [-0.3, -0.25) is 14.5 Å². The number of fused-ring (bicyclic) bond motifs is 1. The van der Waals surface area contributed by atoms with Crippen LogP contribution in [0.5, 0.6) is 0 Å². The minimum Gasteiger partial charge on any atom is -0.467 e. The second kappa shape index (κ2) is 8.77. The summed E-state index contributed by atoms with van der Waals surface area (Å²) in [4.78, 5) is 28.3. The number of benzene rings is 1. The van der Waals surface area contributed by atoms with Crippen molar-refractivity contribution in [1.29, 1.82) is 0 Å². The van der Waals surface area contributed by atoms with Crippen LogP contribution in [-0.4, -0.2) is 56.1 Å². The van der Waals surface area contributed by atoms with Crippen LogP contribution in [0.3, 0.4) is 0 Å². The zero-order chi connectivity index (χ0) is 20.2. The third kappa shape index (κ3) is 4.19. The lowest BCUT2D eigenvalue weighted by Gasteiger charge is -2.38. The van der Waals surface area contributed by atoms with Crippen LogP contribution in [-0.2, 0) is 20.9 Å². The van der Waals surface area contributed by atoms with Crippen LogP contribution < -0.4 is 15.8 Å². The molecule has 0 aliphatic carbocycles. The fraction of sp³-hybridized carbons (Fsp3) is 0.429. The normalized spacial score (nSPS) is 24.5. The Morgan fingerprint density at radius 3 is 2.79 bits per heavy atom. The molecule has 1 aromatic carbocycles. The van der Waals surface area contributed by atoms with E-state index in [0.29, 0.717) is 38.5 Å². The van der Waals surface area contributed by atoms with E-state index in [1.807, 2.05) is 36.4 Å². The Labute approximate surface area is 169 Å². The maximum absolute atomic E-state index is 13.1. The molecule has 4 rings (SSSR count). The number of piperidine rings is 1. The highest BCUT2D eigenvalue weighted by Crippen LogP contribution is 2.31. The predicted octanol–water partition coefficient (Wildman–Crippen LogP) is 1.01. The van der Waals surface area contributed by atoms with Crippen LogP contribution in [0, 0.1) is 11.8 Å².